The van der Waals surface area contributed by atoms with E-state index >= 15 is 0 Å². The molecule has 1 heterocycles. The molecule has 0 radical (unpaired) electrons. The highest BCUT2D eigenvalue weighted by Crippen LogP contribution is 2.27. The molecule has 29 heavy (non-hydrogen) atoms. The molecule has 0 bridgehead atoms. The molecule has 1 aliphatic heterocycles. The summed E-state index contributed by atoms with van der Waals surface area (Å²) in [4.78, 5) is 28.9. The molecular formula is C24H30N2O3. The van der Waals surface area contributed by atoms with E-state index in [9.17, 15) is 14.7 Å². The molecular weight excluding hydrogens is 364 g/mol. The maximum atomic E-state index is 13.2. The molecule has 2 amide bonds. The highest BCUT2D eigenvalue weighted by atomic mass is 16.3. The van der Waals surface area contributed by atoms with Gasteiger partial charge in [-0.3, -0.25) is 9.59 Å². The van der Waals surface area contributed by atoms with Crippen LogP contribution < -0.4 is 0 Å². The highest BCUT2D eigenvalue weighted by molar-refractivity contribution is 5.83. The minimum atomic E-state index is -0.519. The quantitative estimate of drug-likeness (QED) is 0.820. The minimum Gasteiger partial charge on any atom is -0.387 e. The number of nitrogens with zero attached hydrogens (tertiary/aromatic N) is 2. The second-order valence-corrected chi connectivity index (χ2v) is 7.75. The van der Waals surface area contributed by atoms with Crippen molar-refractivity contribution in [3.63, 3.8) is 0 Å². The van der Waals surface area contributed by atoms with Crippen molar-refractivity contribution < 1.29 is 14.7 Å². The Morgan fingerprint density at radius 1 is 1.10 bits per heavy atom. The maximum absolute atomic E-state index is 13.2. The fourth-order valence-electron chi connectivity index (χ4n) is 3.99. The second kappa shape index (κ2) is 9.70. The molecule has 0 spiro atoms. The van der Waals surface area contributed by atoms with E-state index in [-0.39, 0.29) is 17.7 Å². The van der Waals surface area contributed by atoms with Crippen LogP contribution in [0.3, 0.4) is 0 Å². The average molecular weight is 395 g/mol. The van der Waals surface area contributed by atoms with Gasteiger partial charge in [0.05, 0.1) is 5.92 Å². The van der Waals surface area contributed by atoms with Gasteiger partial charge in [-0.25, -0.2) is 0 Å². The minimum absolute atomic E-state index is 0.0961. The number of hydrogen-bond acceptors (Lipinski definition) is 3. The van der Waals surface area contributed by atoms with E-state index in [1.54, 1.807) is 4.90 Å². The van der Waals surface area contributed by atoms with Crippen LogP contribution in [0, 0.1) is 12.8 Å². The number of carbonyl (C=O) groups excluding carboxylic acids is 2. The predicted octanol–water partition coefficient (Wildman–Crippen LogP) is 2.89. The van der Waals surface area contributed by atoms with E-state index < -0.39 is 6.61 Å². The molecule has 2 aromatic rings. The lowest BCUT2D eigenvalue weighted by Crippen LogP contribution is -2.39. The van der Waals surface area contributed by atoms with Gasteiger partial charge in [-0.15, -0.1) is 0 Å². The molecule has 1 saturated heterocycles. The molecule has 1 fully saturated rings. The third kappa shape index (κ3) is 5.04. The van der Waals surface area contributed by atoms with Crippen LogP contribution >= 0.6 is 0 Å². The molecule has 0 saturated carbocycles. The topological polar surface area (TPSA) is 60.9 Å². The van der Waals surface area contributed by atoms with Gasteiger partial charge in [-0.05, 0) is 36.5 Å². The zero-order valence-electron chi connectivity index (χ0n) is 17.3. The Labute approximate surface area is 172 Å². The Bertz CT molecular complexity index is 847. The smallest absolute Gasteiger partial charge is 0.248 e. The van der Waals surface area contributed by atoms with E-state index in [1.165, 1.54) is 5.56 Å². The Morgan fingerprint density at radius 3 is 2.52 bits per heavy atom. The molecule has 2 aromatic carbocycles. The average Bonchev–Trinajstić information content (AvgIpc) is 2.89. The molecule has 1 atom stereocenters. The van der Waals surface area contributed by atoms with Crippen LogP contribution in [-0.2, 0) is 16.0 Å². The van der Waals surface area contributed by atoms with Crippen LogP contribution in [-0.4, -0.2) is 59.5 Å². The van der Waals surface area contributed by atoms with Gasteiger partial charge >= 0.3 is 0 Å². The number of aliphatic hydroxyl groups excluding tert-OH is 1. The molecule has 0 unspecified atom stereocenters. The fraction of sp³-hybridized carbons (Fsp3) is 0.417. The summed E-state index contributed by atoms with van der Waals surface area (Å²) < 4.78 is 0. The number of aryl methyl sites for hydroxylation is 1. The van der Waals surface area contributed by atoms with Gasteiger partial charge in [0, 0.05) is 26.2 Å². The summed E-state index contributed by atoms with van der Waals surface area (Å²) in [5.41, 5.74) is 4.55. The largest absolute Gasteiger partial charge is 0.387 e. The summed E-state index contributed by atoms with van der Waals surface area (Å²) >= 11 is 0. The molecule has 154 valence electrons. The maximum Gasteiger partial charge on any atom is 0.248 e. The van der Waals surface area contributed by atoms with E-state index in [1.807, 2.05) is 17.0 Å². The number of amides is 2. The van der Waals surface area contributed by atoms with Crippen molar-refractivity contribution in [2.45, 2.75) is 26.7 Å². The Balaban J connectivity index is 1.90. The van der Waals surface area contributed by atoms with Gasteiger partial charge in [-0.2, -0.15) is 0 Å². The summed E-state index contributed by atoms with van der Waals surface area (Å²) in [6.07, 6.45) is 1.45. The molecule has 5 heteroatoms. The summed E-state index contributed by atoms with van der Waals surface area (Å²) in [7, 11) is 0. The number of rotatable bonds is 6. The van der Waals surface area contributed by atoms with Gasteiger partial charge in [0.2, 0.25) is 11.8 Å². The molecule has 1 aliphatic rings. The Kier molecular flexibility index (Phi) is 7.04. The monoisotopic (exact) mass is 394 g/mol. The van der Waals surface area contributed by atoms with Crippen molar-refractivity contribution in [2.24, 2.45) is 5.92 Å². The first-order valence-electron chi connectivity index (χ1n) is 10.4. The Morgan fingerprint density at radius 2 is 1.83 bits per heavy atom. The van der Waals surface area contributed by atoms with Gasteiger partial charge in [0.1, 0.15) is 6.61 Å². The van der Waals surface area contributed by atoms with Crippen molar-refractivity contribution in [1.29, 1.82) is 0 Å². The third-order valence-electron chi connectivity index (χ3n) is 5.57. The summed E-state index contributed by atoms with van der Waals surface area (Å²) in [6, 6.07) is 16.5. The van der Waals surface area contributed by atoms with E-state index in [4.69, 9.17) is 0 Å². The summed E-state index contributed by atoms with van der Waals surface area (Å²) in [5.74, 6) is -0.530. The third-order valence-corrected chi connectivity index (χ3v) is 5.57. The lowest BCUT2D eigenvalue weighted by molar-refractivity contribution is -0.135. The zero-order chi connectivity index (χ0) is 20.8. The van der Waals surface area contributed by atoms with Crippen LogP contribution in [0.5, 0.6) is 0 Å². The Hall–Kier alpha value is -2.66. The number of aliphatic hydroxyl groups is 1. The highest BCUT2D eigenvalue weighted by Gasteiger charge is 2.32. The molecule has 0 aliphatic carbocycles. The molecule has 3 rings (SSSR count). The number of carbonyl (C=O) groups is 2. The van der Waals surface area contributed by atoms with E-state index in [0.717, 1.165) is 23.1 Å². The van der Waals surface area contributed by atoms with Crippen molar-refractivity contribution in [3.8, 4) is 11.1 Å². The lowest BCUT2D eigenvalue weighted by atomic mass is 9.91. The number of hydrogen-bond donors (Lipinski definition) is 1. The normalized spacial score (nSPS) is 17.3. The van der Waals surface area contributed by atoms with Crippen LogP contribution in [0.4, 0.5) is 0 Å². The summed E-state index contributed by atoms with van der Waals surface area (Å²) in [6.45, 7) is 5.63. The predicted molar refractivity (Wildman–Crippen MR) is 114 cm³/mol. The van der Waals surface area contributed by atoms with Crippen molar-refractivity contribution in [1.82, 2.24) is 9.80 Å². The first kappa shape index (κ1) is 21.1. The molecule has 1 N–H and O–H groups in total. The van der Waals surface area contributed by atoms with Gasteiger partial charge < -0.3 is 14.9 Å². The SMILES string of the molecule is CCCN1CCN(C(=O)CO)C[C@@H](Cc2ccccc2-c2ccc(C)cc2)C1=O. The van der Waals surface area contributed by atoms with Gasteiger partial charge in [0.15, 0.2) is 0 Å². The van der Waals surface area contributed by atoms with Crippen LogP contribution in [0.25, 0.3) is 11.1 Å². The van der Waals surface area contributed by atoms with Crippen LogP contribution in [0.15, 0.2) is 48.5 Å². The van der Waals surface area contributed by atoms with E-state index in [0.29, 0.717) is 32.6 Å². The van der Waals surface area contributed by atoms with Gasteiger partial charge in [0.25, 0.3) is 0 Å². The molecule has 5 nitrogen and oxygen atoms in total. The molecule has 0 aromatic heterocycles. The van der Waals surface area contributed by atoms with Crippen LogP contribution in [0.1, 0.15) is 24.5 Å². The first-order valence-corrected chi connectivity index (χ1v) is 10.4. The van der Waals surface area contributed by atoms with Crippen molar-refractivity contribution in [3.05, 3.63) is 59.7 Å². The second-order valence-electron chi connectivity index (χ2n) is 7.75. The van der Waals surface area contributed by atoms with E-state index in [2.05, 4.69) is 50.2 Å². The van der Waals surface area contributed by atoms with Crippen molar-refractivity contribution >= 4 is 11.8 Å². The van der Waals surface area contributed by atoms with Crippen LogP contribution in [0.2, 0.25) is 0 Å². The summed E-state index contributed by atoms with van der Waals surface area (Å²) in [5, 5.41) is 9.32. The zero-order valence-corrected chi connectivity index (χ0v) is 17.3. The first-order chi connectivity index (χ1) is 14.0. The lowest BCUT2D eigenvalue weighted by Gasteiger charge is -2.24. The fourth-order valence-corrected chi connectivity index (χ4v) is 3.99. The van der Waals surface area contributed by atoms with Crippen molar-refractivity contribution in [2.75, 3.05) is 32.8 Å². The van der Waals surface area contributed by atoms with Gasteiger partial charge in [-0.1, -0.05) is 61.0 Å². The standard InChI is InChI=1S/C24H30N2O3/c1-3-12-25-13-14-26(23(28)17-27)16-21(24(25)29)15-20-6-4-5-7-22(20)19-10-8-18(2)9-11-19/h4-11,21,27H,3,12-17H2,1-2H3/t21-/m1/s1. The number of benzene rings is 2.